The molecule has 2 N–H and O–H groups in total. The third kappa shape index (κ3) is 11.7. The lowest BCUT2D eigenvalue weighted by molar-refractivity contribution is 0.358. The van der Waals surface area contributed by atoms with Crippen LogP contribution in [0.5, 0.6) is 0 Å². The quantitative estimate of drug-likeness (QED) is 0.239. The highest BCUT2D eigenvalue weighted by Gasteiger charge is 2.18. The van der Waals surface area contributed by atoms with E-state index < -0.39 is 0 Å². The summed E-state index contributed by atoms with van der Waals surface area (Å²) >= 11 is 0. The number of allylic oxidation sites excluding steroid dienone is 2. The topological polar surface area (TPSA) is 41.6 Å². The average Bonchev–Trinajstić information content (AvgIpc) is 3.10. The van der Waals surface area contributed by atoms with Crippen molar-refractivity contribution < 1.29 is 0 Å². The number of amidine groups is 1. The standard InChI is InChI=1S/C23H45N3/c1-3-4-5-6-7-8-9-10-11-12-13-14-15-16-17-18-19-23-25-20-21-26(23)22(2)24/h6-7,22H,3-5,8-21,24H2,1-2H3/b7-6+. The normalized spacial score (nSPS) is 15.8. The van der Waals surface area contributed by atoms with Gasteiger partial charge in [0.05, 0.1) is 12.7 Å². The Morgan fingerprint density at radius 3 is 2.00 bits per heavy atom. The minimum atomic E-state index is 0.119. The van der Waals surface area contributed by atoms with Gasteiger partial charge in [-0.05, 0) is 32.6 Å². The molecule has 1 unspecified atom stereocenters. The summed E-state index contributed by atoms with van der Waals surface area (Å²) in [6.45, 7) is 6.27. The van der Waals surface area contributed by atoms with E-state index in [4.69, 9.17) is 5.73 Å². The van der Waals surface area contributed by atoms with Gasteiger partial charge in [0, 0.05) is 13.0 Å². The largest absolute Gasteiger partial charge is 0.343 e. The third-order valence-corrected chi connectivity index (χ3v) is 5.37. The molecule has 26 heavy (non-hydrogen) atoms. The second kappa shape index (κ2) is 16.4. The van der Waals surface area contributed by atoms with Gasteiger partial charge in [-0.3, -0.25) is 4.99 Å². The van der Waals surface area contributed by atoms with Gasteiger partial charge < -0.3 is 10.6 Å². The van der Waals surface area contributed by atoms with E-state index in [-0.39, 0.29) is 6.17 Å². The summed E-state index contributed by atoms with van der Waals surface area (Å²) in [7, 11) is 0. The molecule has 0 aromatic carbocycles. The Balaban J connectivity index is 1.79. The fraction of sp³-hybridized carbons (Fsp3) is 0.870. The molecule has 0 aromatic rings. The Labute approximate surface area is 163 Å². The molecule has 1 atom stereocenters. The van der Waals surface area contributed by atoms with Crippen LogP contribution in [0, 0.1) is 0 Å². The summed E-state index contributed by atoms with van der Waals surface area (Å²) in [5.41, 5.74) is 5.99. The molecule has 1 aliphatic rings. The van der Waals surface area contributed by atoms with Gasteiger partial charge in [-0.2, -0.15) is 0 Å². The van der Waals surface area contributed by atoms with Crippen molar-refractivity contribution in [3.8, 4) is 0 Å². The van der Waals surface area contributed by atoms with Crippen molar-refractivity contribution in [2.45, 2.75) is 116 Å². The lowest BCUT2D eigenvalue weighted by Gasteiger charge is -2.24. The highest BCUT2D eigenvalue weighted by atomic mass is 15.3. The van der Waals surface area contributed by atoms with Gasteiger partial charge >= 0.3 is 0 Å². The minimum Gasteiger partial charge on any atom is -0.343 e. The number of nitrogens with two attached hydrogens (primary N) is 1. The fourth-order valence-electron chi connectivity index (χ4n) is 3.69. The van der Waals surface area contributed by atoms with Crippen molar-refractivity contribution in [1.29, 1.82) is 0 Å². The summed E-state index contributed by atoms with van der Waals surface area (Å²) in [6.07, 6.45) is 25.1. The van der Waals surface area contributed by atoms with Crippen LogP contribution in [-0.2, 0) is 0 Å². The van der Waals surface area contributed by atoms with E-state index in [1.807, 2.05) is 0 Å². The average molecular weight is 364 g/mol. The number of unbranched alkanes of at least 4 members (excludes halogenated alkanes) is 12. The SMILES string of the molecule is CCCC/C=C/CCCCCCCCCCCCC1=NCCN1C(C)N. The number of rotatable bonds is 17. The summed E-state index contributed by atoms with van der Waals surface area (Å²) < 4.78 is 0. The first-order chi connectivity index (χ1) is 12.8. The van der Waals surface area contributed by atoms with Gasteiger partial charge in [-0.15, -0.1) is 0 Å². The molecule has 0 aromatic heterocycles. The van der Waals surface area contributed by atoms with Crippen molar-refractivity contribution in [3.63, 3.8) is 0 Å². The van der Waals surface area contributed by atoms with Crippen LogP contribution in [0.25, 0.3) is 0 Å². The highest BCUT2D eigenvalue weighted by molar-refractivity contribution is 5.83. The molecular formula is C23H45N3. The van der Waals surface area contributed by atoms with E-state index in [0.29, 0.717) is 0 Å². The Bertz CT molecular complexity index is 374. The zero-order chi connectivity index (χ0) is 18.9. The van der Waals surface area contributed by atoms with Crippen LogP contribution in [0.4, 0.5) is 0 Å². The molecule has 0 aliphatic carbocycles. The predicted molar refractivity (Wildman–Crippen MR) is 117 cm³/mol. The van der Waals surface area contributed by atoms with Gasteiger partial charge in [-0.1, -0.05) is 83.3 Å². The molecule has 0 bridgehead atoms. The number of nitrogens with zero attached hydrogens (tertiary/aromatic N) is 2. The summed E-state index contributed by atoms with van der Waals surface area (Å²) in [4.78, 5) is 6.87. The van der Waals surface area contributed by atoms with Crippen LogP contribution in [-0.4, -0.2) is 30.0 Å². The van der Waals surface area contributed by atoms with E-state index in [9.17, 15) is 0 Å². The molecule has 0 spiro atoms. The van der Waals surface area contributed by atoms with E-state index in [1.165, 1.54) is 95.7 Å². The summed E-state index contributed by atoms with van der Waals surface area (Å²) in [5, 5.41) is 0. The molecule has 152 valence electrons. The number of hydrogen-bond acceptors (Lipinski definition) is 3. The van der Waals surface area contributed by atoms with Crippen LogP contribution in [0.3, 0.4) is 0 Å². The van der Waals surface area contributed by atoms with Gasteiger partial charge in [0.15, 0.2) is 0 Å². The zero-order valence-electron chi connectivity index (χ0n) is 17.7. The zero-order valence-corrected chi connectivity index (χ0v) is 17.7. The first-order valence-corrected chi connectivity index (χ1v) is 11.5. The molecule has 1 heterocycles. The molecule has 1 aliphatic heterocycles. The van der Waals surface area contributed by atoms with Crippen molar-refractivity contribution in [3.05, 3.63) is 12.2 Å². The van der Waals surface area contributed by atoms with Crippen LogP contribution >= 0.6 is 0 Å². The molecule has 1 rings (SSSR count). The van der Waals surface area contributed by atoms with E-state index in [0.717, 1.165) is 19.5 Å². The van der Waals surface area contributed by atoms with Crippen molar-refractivity contribution in [2.24, 2.45) is 10.7 Å². The maximum absolute atomic E-state index is 5.99. The summed E-state index contributed by atoms with van der Waals surface area (Å²) in [6, 6.07) is 0. The highest BCUT2D eigenvalue weighted by Crippen LogP contribution is 2.14. The second-order valence-electron chi connectivity index (χ2n) is 7.92. The molecule has 0 saturated carbocycles. The van der Waals surface area contributed by atoms with Crippen LogP contribution in [0.2, 0.25) is 0 Å². The van der Waals surface area contributed by atoms with E-state index in [2.05, 4.69) is 35.9 Å². The smallest absolute Gasteiger partial charge is 0.100 e. The van der Waals surface area contributed by atoms with Gasteiger partial charge in [0.25, 0.3) is 0 Å². The molecule has 0 fully saturated rings. The van der Waals surface area contributed by atoms with Gasteiger partial charge in [-0.25, -0.2) is 0 Å². The first-order valence-electron chi connectivity index (χ1n) is 11.5. The first kappa shape index (κ1) is 23.2. The summed E-state index contributed by atoms with van der Waals surface area (Å²) in [5.74, 6) is 1.25. The van der Waals surface area contributed by atoms with Crippen LogP contribution < -0.4 is 5.73 Å². The van der Waals surface area contributed by atoms with Crippen molar-refractivity contribution in [2.75, 3.05) is 13.1 Å². The van der Waals surface area contributed by atoms with Crippen molar-refractivity contribution in [1.82, 2.24) is 4.90 Å². The lowest BCUT2D eigenvalue weighted by Crippen LogP contribution is -2.41. The predicted octanol–water partition coefficient (Wildman–Crippen LogP) is 6.43. The monoisotopic (exact) mass is 363 g/mol. The molecule has 3 heteroatoms. The lowest BCUT2D eigenvalue weighted by atomic mass is 10.0. The van der Waals surface area contributed by atoms with E-state index >= 15 is 0 Å². The Kier molecular flexibility index (Phi) is 14.6. The van der Waals surface area contributed by atoms with E-state index in [1.54, 1.807) is 0 Å². The molecule has 3 nitrogen and oxygen atoms in total. The number of hydrogen-bond donors (Lipinski definition) is 1. The maximum atomic E-state index is 5.99. The van der Waals surface area contributed by atoms with Crippen LogP contribution in [0.15, 0.2) is 17.1 Å². The third-order valence-electron chi connectivity index (χ3n) is 5.37. The Morgan fingerprint density at radius 1 is 0.885 bits per heavy atom. The second-order valence-corrected chi connectivity index (χ2v) is 7.92. The number of aliphatic imine (C=N–C) groups is 1. The Hall–Kier alpha value is -0.830. The molecule has 0 saturated heterocycles. The molecule has 0 amide bonds. The van der Waals surface area contributed by atoms with Crippen molar-refractivity contribution >= 4 is 5.84 Å². The molecular weight excluding hydrogens is 318 g/mol. The maximum Gasteiger partial charge on any atom is 0.100 e. The van der Waals surface area contributed by atoms with Crippen LogP contribution in [0.1, 0.15) is 110 Å². The molecule has 0 radical (unpaired) electrons. The minimum absolute atomic E-state index is 0.119. The fourth-order valence-corrected chi connectivity index (χ4v) is 3.69. The van der Waals surface area contributed by atoms with Gasteiger partial charge in [0.1, 0.15) is 5.84 Å². The Morgan fingerprint density at radius 2 is 1.42 bits per heavy atom. The van der Waals surface area contributed by atoms with Gasteiger partial charge in [0.2, 0.25) is 0 Å².